The summed E-state index contributed by atoms with van der Waals surface area (Å²) in [6, 6.07) is 0. The van der Waals surface area contributed by atoms with Gasteiger partial charge in [-0.1, -0.05) is 11.6 Å². The number of halogens is 2. The van der Waals surface area contributed by atoms with E-state index < -0.39 is 11.9 Å². The zero-order valence-electron chi connectivity index (χ0n) is 8.29. The molecule has 0 fully saturated rings. The van der Waals surface area contributed by atoms with Gasteiger partial charge in [0.05, 0.1) is 11.4 Å². The van der Waals surface area contributed by atoms with Gasteiger partial charge < -0.3 is 10.1 Å². The summed E-state index contributed by atoms with van der Waals surface area (Å²) in [6.07, 6.45) is 3.22. The lowest BCUT2D eigenvalue weighted by molar-refractivity contribution is -0.138. The molecule has 0 bridgehead atoms. The largest absolute Gasteiger partial charge is 0.481 e. The fourth-order valence-corrected chi connectivity index (χ4v) is 2.30. The number of nitrogens with zero attached hydrogens (tertiary/aromatic N) is 1. The maximum atomic E-state index is 11.0. The zero-order valence-corrected chi connectivity index (χ0v) is 10.6. The lowest BCUT2D eigenvalue weighted by Gasteiger charge is -2.05. The van der Waals surface area contributed by atoms with Gasteiger partial charge in [0.1, 0.15) is 0 Å². The van der Waals surface area contributed by atoms with Gasteiger partial charge in [0, 0.05) is 22.3 Å². The van der Waals surface area contributed by atoms with Crippen LogP contribution in [0.15, 0.2) is 16.9 Å². The second-order valence-corrected chi connectivity index (χ2v) is 4.66. The van der Waals surface area contributed by atoms with Gasteiger partial charge in [0.15, 0.2) is 5.15 Å². The number of aliphatic carboxylic acids is 1. The SMILES string of the molecule is CC(C(=O)O)c1c[nH]c2c(Cl)ncc(Br)c12. The fraction of sp³-hybridized carbons (Fsp3) is 0.200. The van der Waals surface area contributed by atoms with Crippen molar-refractivity contribution in [2.45, 2.75) is 12.8 Å². The topological polar surface area (TPSA) is 66.0 Å². The van der Waals surface area contributed by atoms with Crippen LogP contribution in [0.1, 0.15) is 18.4 Å². The van der Waals surface area contributed by atoms with E-state index in [1.165, 1.54) is 0 Å². The molecule has 2 rings (SSSR count). The number of nitrogens with one attached hydrogen (secondary N) is 1. The van der Waals surface area contributed by atoms with Crippen molar-refractivity contribution in [2.75, 3.05) is 0 Å². The third-order valence-electron chi connectivity index (χ3n) is 2.48. The highest BCUT2D eigenvalue weighted by Gasteiger charge is 2.20. The lowest BCUT2D eigenvalue weighted by atomic mass is 10.0. The van der Waals surface area contributed by atoms with Gasteiger partial charge >= 0.3 is 5.97 Å². The molecular weight excluding hydrogens is 295 g/mol. The Morgan fingerprint density at radius 1 is 1.69 bits per heavy atom. The molecule has 0 aliphatic rings. The molecular formula is C10H8BrClN2O2. The van der Waals surface area contributed by atoms with E-state index >= 15 is 0 Å². The Morgan fingerprint density at radius 2 is 2.38 bits per heavy atom. The van der Waals surface area contributed by atoms with Crippen LogP contribution in [0.4, 0.5) is 0 Å². The van der Waals surface area contributed by atoms with Crippen LogP contribution < -0.4 is 0 Å². The minimum atomic E-state index is -0.874. The van der Waals surface area contributed by atoms with E-state index in [0.29, 0.717) is 16.2 Å². The van der Waals surface area contributed by atoms with Crippen molar-refractivity contribution >= 4 is 44.4 Å². The van der Waals surface area contributed by atoms with Gasteiger partial charge in [-0.15, -0.1) is 0 Å². The maximum Gasteiger partial charge on any atom is 0.310 e. The quantitative estimate of drug-likeness (QED) is 0.837. The summed E-state index contributed by atoms with van der Waals surface area (Å²) in [5.41, 5.74) is 1.35. The van der Waals surface area contributed by atoms with E-state index in [9.17, 15) is 4.79 Å². The molecule has 0 amide bonds. The van der Waals surface area contributed by atoms with E-state index in [-0.39, 0.29) is 0 Å². The number of H-pyrrole nitrogens is 1. The first-order valence-electron chi connectivity index (χ1n) is 4.56. The van der Waals surface area contributed by atoms with Crippen LogP contribution in [-0.4, -0.2) is 21.0 Å². The van der Waals surface area contributed by atoms with E-state index in [2.05, 4.69) is 25.9 Å². The van der Waals surface area contributed by atoms with Crippen molar-refractivity contribution in [1.82, 2.24) is 9.97 Å². The third kappa shape index (κ3) is 1.70. The molecule has 2 N–H and O–H groups in total. The molecule has 2 aromatic rings. The van der Waals surface area contributed by atoms with E-state index in [1.807, 2.05) is 0 Å². The Balaban J connectivity index is 2.73. The Bertz CT molecular complexity index is 567. The summed E-state index contributed by atoms with van der Waals surface area (Å²) in [5.74, 6) is -1.47. The molecule has 2 aromatic heterocycles. The number of carboxylic acid groups (broad SMARTS) is 1. The standard InChI is InChI=1S/C10H8BrClN2O2/c1-4(10(15)16)5-2-13-8-7(5)6(11)3-14-9(8)12/h2-4,13H,1H3,(H,15,16). The number of fused-ring (bicyclic) bond motifs is 1. The van der Waals surface area contributed by atoms with Crippen LogP contribution in [0.5, 0.6) is 0 Å². The number of rotatable bonds is 2. The monoisotopic (exact) mass is 302 g/mol. The van der Waals surface area contributed by atoms with Crippen molar-refractivity contribution in [1.29, 1.82) is 0 Å². The highest BCUT2D eigenvalue weighted by Crippen LogP contribution is 2.34. The number of carbonyl (C=O) groups is 1. The van der Waals surface area contributed by atoms with Crippen LogP contribution in [0.3, 0.4) is 0 Å². The molecule has 0 aromatic carbocycles. The molecule has 0 radical (unpaired) electrons. The van der Waals surface area contributed by atoms with Gasteiger partial charge in [-0.3, -0.25) is 4.79 Å². The second kappa shape index (κ2) is 4.07. The first-order chi connectivity index (χ1) is 7.52. The highest BCUT2D eigenvalue weighted by atomic mass is 79.9. The molecule has 0 aliphatic carbocycles. The zero-order chi connectivity index (χ0) is 11.9. The maximum absolute atomic E-state index is 11.0. The van der Waals surface area contributed by atoms with Crippen LogP contribution >= 0.6 is 27.5 Å². The predicted octanol–water partition coefficient (Wildman–Crippen LogP) is 3.17. The molecule has 0 spiro atoms. The molecule has 1 atom stereocenters. The summed E-state index contributed by atoms with van der Waals surface area (Å²) >= 11 is 9.26. The van der Waals surface area contributed by atoms with Gasteiger partial charge in [-0.2, -0.15) is 0 Å². The summed E-state index contributed by atoms with van der Waals surface area (Å²) < 4.78 is 0.733. The molecule has 0 saturated carbocycles. The first kappa shape index (κ1) is 11.4. The van der Waals surface area contributed by atoms with E-state index in [1.54, 1.807) is 19.3 Å². The van der Waals surface area contributed by atoms with Gasteiger partial charge in [0.25, 0.3) is 0 Å². The van der Waals surface area contributed by atoms with Crippen molar-refractivity contribution in [3.05, 3.63) is 27.6 Å². The van der Waals surface area contributed by atoms with Crippen molar-refractivity contribution in [3.8, 4) is 0 Å². The lowest BCUT2D eigenvalue weighted by Crippen LogP contribution is -2.06. The number of aromatic nitrogens is 2. The molecule has 2 heterocycles. The summed E-state index contributed by atoms with van der Waals surface area (Å²) in [6.45, 7) is 1.63. The molecule has 0 aliphatic heterocycles. The molecule has 0 saturated heterocycles. The Kier molecular flexibility index (Phi) is 2.90. The molecule has 84 valence electrons. The van der Waals surface area contributed by atoms with Crippen molar-refractivity contribution in [3.63, 3.8) is 0 Å². The van der Waals surface area contributed by atoms with Crippen molar-refractivity contribution < 1.29 is 9.90 Å². The number of aromatic amines is 1. The van der Waals surface area contributed by atoms with E-state index in [0.717, 1.165) is 9.86 Å². The van der Waals surface area contributed by atoms with Gasteiger partial charge in [-0.05, 0) is 28.4 Å². The van der Waals surface area contributed by atoms with Crippen LogP contribution in [0, 0.1) is 0 Å². The predicted molar refractivity (Wildman–Crippen MR) is 64.9 cm³/mol. The average molecular weight is 304 g/mol. The number of pyridine rings is 1. The van der Waals surface area contributed by atoms with Crippen molar-refractivity contribution in [2.24, 2.45) is 0 Å². The summed E-state index contributed by atoms with van der Waals surface area (Å²) in [4.78, 5) is 17.9. The number of carboxylic acids is 1. The van der Waals surface area contributed by atoms with Gasteiger partial charge in [0.2, 0.25) is 0 Å². The number of hydrogen-bond donors (Lipinski definition) is 2. The smallest absolute Gasteiger partial charge is 0.310 e. The normalized spacial score (nSPS) is 12.9. The second-order valence-electron chi connectivity index (χ2n) is 3.45. The summed E-state index contributed by atoms with van der Waals surface area (Å²) in [7, 11) is 0. The van der Waals surface area contributed by atoms with Crippen LogP contribution in [0.25, 0.3) is 10.9 Å². The minimum Gasteiger partial charge on any atom is -0.481 e. The number of hydrogen-bond acceptors (Lipinski definition) is 2. The molecule has 4 nitrogen and oxygen atoms in total. The molecule has 1 unspecified atom stereocenters. The highest BCUT2D eigenvalue weighted by molar-refractivity contribution is 9.10. The minimum absolute atomic E-state index is 0.335. The summed E-state index contributed by atoms with van der Waals surface area (Å²) in [5, 5.41) is 10.1. The van der Waals surface area contributed by atoms with Gasteiger partial charge in [-0.25, -0.2) is 4.98 Å². The fourth-order valence-electron chi connectivity index (χ4n) is 1.58. The Morgan fingerprint density at radius 3 is 3.00 bits per heavy atom. The average Bonchev–Trinajstić information content (AvgIpc) is 2.67. The Labute approximate surface area is 105 Å². The Hall–Kier alpha value is -1.07. The van der Waals surface area contributed by atoms with Crippen LogP contribution in [-0.2, 0) is 4.79 Å². The third-order valence-corrected chi connectivity index (χ3v) is 3.37. The van der Waals surface area contributed by atoms with Crippen LogP contribution in [0.2, 0.25) is 5.15 Å². The molecule has 16 heavy (non-hydrogen) atoms. The first-order valence-corrected chi connectivity index (χ1v) is 5.73. The van der Waals surface area contributed by atoms with E-state index in [4.69, 9.17) is 16.7 Å². The molecule has 6 heteroatoms.